The highest BCUT2D eigenvalue weighted by atomic mass is 79.9. The molecule has 0 bridgehead atoms. The Morgan fingerprint density at radius 2 is 0.819 bits per heavy atom. The van der Waals surface area contributed by atoms with Crippen molar-refractivity contribution in [3.05, 3.63) is 117 Å². The van der Waals surface area contributed by atoms with Crippen LogP contribution in [0.3, 0.4) is 0 Å². The molecule has 3 aromatic carbocycles. The molecule has 6 aliphatic rings. The molecule has 3 aliphatic carbocycles. The molecule has 6 fully saturated rings. The van der Waals surface area contributed by atoms with Crippen LogP contribution in [-0.4, -0.2) is 108 Å². The summed E-state index contributed by atoms with van der Waals surface area (Å²) in [5, 5.41) is 28.4. The number of hydrogen-bond donors (Lipinski definition) is 3. The van der Waals surface area contributed by atoms with Crippen LogP contribution in [0.25, 0.3) is 32.7 Å². The van der Waals surface area contributed by atoms with Crippen molar-refractivity contribution in [2.24, 2.45) is 17.8 Å². The predicted molar refractivity (Wildman–Crippen MR) is 349 cm³/mol. The van der Waals surface area contributed by atoms with Crippen LogP contribution >= 0.6 is 15.9 Å². The predicted octanol–water partition coefficient (Wildman–Crippen LogP) is 12.1. The fourth-order valence-electron chi connectivity index (χ4n) is 13.4. The molecule has 0 radical (unpaired) electrons. The maximum atomic E-state index is 15.6. The number of amides is 3. The van der Waals surface area contributed by atoms with Crippen LogP contribution < -0.4 is 47.3 Å². The smallest absolute Gasteiger partial charge is 0.444 e. The number of alkyl carbamates (subject to hydrolysis) is 2. The number of anilines is 3. The van der Waals surface area contributed by atoms with Gasteiger partial charge in [-0.15, -0.1) is 0 Å². The van der Waals surface area contributed by atoms with Crippen LogP contribution in [-0.2, 0) is 14.3 Å². The molecular formula is C68H78BrF6N11O8. The molecule has 3 saturated heterocycles. The minimum atomic E-state index is -4.95. The van der Waals surface area contributed by atoms with Gasteiger partial charge < -0.3 is 53.8 Å². The number of nitrogens with one attached hydrogen (secondary N) is 3. The van der Waals surface area contributed by atoms with Gasteiger partial charge in [0.15, 0.2) is 17.5 Å². The summed E-state index contributed by atoms with van der Waals surface area (Å²) in [4.78, 5) is 78.3. The molecule has 0 spiro atoms. The third-order valence-corrected chi connectivity index (χ3v) is 18.8. The number of alkyl halides is 3. The van der Waals surface area contributed by atoms with Crippen LogP contribution in [0.4, 0.5) is 53.0 Å². The zero-order valence-electron chi connectivity index (χ0n) is 54.1. The summed E-state index contributed by atoms with van der Waals surface area (Å²) >= 11 is 3.44. The molecule has 19 nitrogen and oxygen atoms in total. The Labute approximate surface area is 548 Å². The third-order valence-electron chi connectivity index (χ3n) is 18.0. The van der Waals surface area contributed by atoms with E-state index in [0.717, 1.165) is 67.8 Å². The zero-order valence-corrected chi connectivity index (χ0v) is 55.7. The monoisotopic (exact) mass is 1370 g/mol. The summed E-state index contributed by atoms with van der Waals surface area (Å²) < 4.78 is 99.8. The highest BCUT2D eigenvalue weighted by Crippen LogP contribution is 2.46. The van der Waals surface area contributed by atoms with Gasteiger partial charge in [-0.25, -0.2) is 22.8 Å². The lowest BCUT2D eigenvalue weighted by molar-refractivity contribution is -0.173. The second-order valence-corrected chi connectivity index (χ2v) is 28.3. The molecule has 3 saturated carbocycles. The molecule has 3 N–H and O–H groups in total. The van der Waals surface area contributed by atoms with Crippen molar-refractivity contribution in [1.82, 2.24) is 29.7 Å². The molecule has 6 heterocycles. The molecule has 502 valence electrons. The Hall–Kier alpha value is -8.26. The summed E-state index contributed by atoms with van der Waals surface area (Å²) in [6, 6.07) is 13.3. The summed E-state index contributed by atoms with van der Waals surface area (Å²) in [6.07, 6.45) is 1.66. The van der Waals surface area contributed by atoms with Crippen LogP contribution in [0.2, 0.25) is 0 Å². The number of carbonyl (C=O) groups is 3. The summed E-state index contributed by atoms with van der Waals surface area (Å²) in [5.41, 5.74) is 3.45. The number of fused-ring (bicyclic) bond motifs is 3. The lowest BCUT2D eigenvalue weighted by Gasteiger charge is -2.25. The quantitative estimate of drug-likeness (QED) is 0.0970. The van der Waals surface area contributed by atoms with Crippen molar-refractivity contribution in [1.29, 1.82) is 10.5 Å². The third kappa shape index (κ3) is 14.7. The van der Waals surface area contributed by atoms with E-state index in [0.29, 0.717) is 101 Å². The number of carbonyl (C=O) groups excluding carboxylic acids is 3. The zero-order chi connectivity index (χ0) is 68.2. The second kappa shape index (κ2) is 26.9. The number of hydrogen-bond acceptors (Lipinski definition) is 13. The van der Waals surface area contributed by atoms with E-state index >= 15 is 13.2 Å². The van der Waals surface area contributed by atoms with E-state index in [2.05, 4.69) is 26.6 Å². The number of aromatic nitrogens is 3. The number of pyridine rings is 3. The Balaban J connectivity index is 0.000000154. The van der Waals surface area contributed by atoms with Gasteiger partial charge in [0.25, 0.3) is 16.7 Å². The van der Waals surface area contributed by atoms with Gasteiger partial charge in [0, 0.05) is 111 Å². The van der Waals surface area contributed by atoms with Gasteiger partial charge in [-0.1, -0.05) is 0 Å². The molecule has 3 aliphatic heterocycles. The van der Waals surface area contributed by atoms with Crippen molar-refractivity contribution >= 4 is 83.8 Å². The van der Waals surface area contributed by atoms with Crippen molar-refractivity contribution in [2.75, 3.05) is 73.6 Å². The fourth-order valence-corrected chi connectivity index (χ4v) is 13.9. The SMILES string of the molecule is Cc1c(N2CCC(CNC(=O)C(F)(F)F)C2)c(F)c(C#N)c2ccc(=O)n(C3CC3)c12.Cc1c(N2CCC(CNC(=O)OC(C)(C)C)C2)c(F)c(Br)c2ccc(=O)n(C3CC3)c12.Cc1c(N2CCC(CNC(=O)OC(C)(C)C)C2)c(F)c(C#N)c2ccc(=O)n(C3CC3)c12. The molecule has 3 unspecified atom stereocenters. The fraction of sp³-hybridized carbons (Fsp3) is 0.529. The second-order valence-electron chi connectivity index (χ2n) is 27.5. The summed E-state index contributed by atoms with van der Waals surface area (Å²) in [7, 11) is 0. The largest absolute Gasteiger partial charge is 0.471 e. The Morgan fingerprint density at radius 3 is 1.13 bits per heavy atom. The average molecular weight is 1370 g/mol. The van der Waals surface area contributed by atoms with E-state index in [-0.39, 0.29) is 88.3 Å². The van der Waals surface area contributed by atoms with Gasteiger partial charge >= 0.3 is 24.3 Å². The van der Waals surface area contributed by atoms with Crippen LogP contribution in [0.1, 0.15) is 145 Å². The van der Waals surface area contributed by atoms with Crippen molar-refractivity contribution < 1.29 is 50.2 Å². The molecule has 3 atom stereocenters. The van der Waals surface area contributed by atoms with Gasteiger partial charge in [-0.2, -0.15) is 23.7 Å². The lowest BCUT2D eigenvalue weighted by atomic mass is 10.0. The molecular weight excluding hydrogens is 1290 g/mol. The van der Waals surface area contributed by atoms with Gasteiger partial charge in [-0.05, 0) is 189 Å². The lowest BCUT2D eigenvalue weighted by Crippen LogP contribution is -2.39. The number of halogens is 7. The number of benzene rings is 3. The van der Waals surface area contributed by atoms with E-state index in [1.54, 1.807) is 33.1 Å². The van der Waals surface area contributed by atoms with Gasteiger partial charge in [0.05, 0.1) is 49.2 Å². The van der Waals surface area contributed by atoms with Gasteiger partial charge in [0.2, 0.25) is 0 Å². The van der Waals surface area contributed by atoms with Gasteiger partial charge in [-0.3, -0.25) is 19.2 Å². The van der Waals surface area contributed by atoms with Crippen molar-refractivity contribution in [3.8, 4) is 12.1 Å². The minimum Gasteiger partial charge on any atom is -0.444 e. The van der Waals surface area contributed by atoms with Crippen LogP contribution in [0, 0.1) is 78.6 Å². The minimum absolute atomic E-state index is 0.0173. The molecule has 3 aromatic heterocycles. The van der Waals surface area contributed by atoms with E-state index < -0.39 is 47.1 Å². The highest BCUT2D eigenvalue weighted by Gasteiger charge is 2.41. The van der Waals surface area contributed by atoms with Crippen molar-refractivity contribution in [3.63, 3.8) is 0 Å². The van der Waals surface area contributed by atoms with E-state index in [4.69, 9.17) is 9.47 Å². The number of ether oxygens (including phenoxy) is 2. The molecule has 6 aromatic rings. The normalized spacial score (nSPS) is 18.9. The summed E-state index contributed by atoms with van der Waals surface area (Å²) in [6.45, 7) is 20.1. The maximum Gasteiger partial charge on any atom is 0.471 e. The highest BCUT2D eigenvalue weighted by molar-refractivity contribution is 9.10. The van der Waals surface area contributed by atoms with E-state index in [1.165, 1.54) is 24.3 Å². The Morgan fingerprint density at radius 1 is 0.511 bits per heavy atom. The first kappa shape index (κ1) is 68.6. The maximum absolute atomic E-state index is 15.6. The number of nitriles is 2. The van der Waals surface area contributed by atoms with E-state index in [1.807, 2.05) is 87.2 Å². The molecule has 94 heavy (non-hydrogen) atoms. The summed E-state index contributed by atoms with van der Waals surface area (Å²) in [5.74, 6) is -3.52. The Bertz CT molecular complexity index is 4280. The standard InChI is InChI=1S/C24H29FN4O3.C23H29BrFN3O3.C21H20F4N4O2/c1-14-21-17(7-8-19(30)29(21)16-5-6-16)18(11-26)20(25)22(14)28-10-9-15(13-28)12-27-23(31)32-24(2,3)4;1-13-20-16(7-8-17(29)28(20)15-5-6-15)18(24)19(25)21(13)27-10-9-14(12-27)11-26-22(30)31-23(2,3)4;1-11-18-14(4-5-16(30)29(18)13-2-3-13)15(8-26)17(22)19(11)28-7-6-12(10-28)9-27-20(31)21(23,24)25/h7-8,15-16H,5-6,9-10,12-13H2,1-4H3,(H,27,31);7-8,14-15H,5-6,9-12H2,1-4H3,(H,26,30);4-5,12-13H,2-3,6-7,9-10H2,1H3,(H,27,31). The topological polar surface area (TPSA) is 229 Å². The van der Waals surface area contributed by atoms with Crippen molar-refractivity contribution in [2.45, 2.75) is 156 Å². The first-order valence-corrected chi connectivity index (χ1v) is 32.7. The number of nitrogens with zero attached hydrogens (tertiary/aromatic N) is 8. The first-order chi connectivity index (χ1) is 44.3. The number of aryl methyl sites for hydroxylation is 3. The molecule has 26 heteroatoms. The number of rotatable bonds is 12. The van der Waals surface area contributed by atoms with Crippen LogP contribution in [0.15, 0.2) is 55.3 Å². The van der Waals surface area contributed by atoms with Crippen LogP contribution in [0.5, 0.6) is 0 Å². The first-order valence-electron chi connectivity index (χ1n) is 31.9. The molecule has 12 rings (SSSR count). The van der Waals surface area contributed by atoms with E-state index in [9.17, 15) is 52.5 Å². The molecule has 3 amide bonds. The van der Waals surface area contributed by atoms with Gasteiger partial charge in [0.1, 0.15) is 23.3 Å². The average Bonchev–Trinajstić information content (AvgIpc) is 1.32. The Kier molecular flexibility index (Phi) is 19.6.